The summed E-state index contributed by atoms with van der Waals surface area (Å²) >= 11 is 0. The number of hydrogen-bond acceptors (Lipinski definition) is 3. The van der Waals surface area contributed by atoms with Crippen molar-refractivity contribution in [1.82, 2.24) is 20.7 Å². The highest BCUT2D eigenvalue weighted by molar-refractivity contribution is 5.97. The van der Waals surface area contributed by atoms with Gasteiger partial charge in [-0.15, -0.1) is 0 Å². The Morgan fingerprint density at radius 3 is 2.28 bits per heavy atom. The molecule has 0 aliphatic rings. The number of nitrogens with zero attached hydrogens (tertiary/aromatic N) is 1. The second-order valence-corrected chi connectivity index (χ2v) is 5.82. The van der Waals surface area contributed by atoms with E-state index < -0.39 is 17.9 Å². The van der Waals surface area contributed by atoms with E-state index in [0.717, 1.165) is 17.1 Å². The Labute approximate surface area is 146 Å². The second kappa shape index (κ2) is 7.65. The van der Waals surface area contributed by atoms with Gasteiger partial charge in [-0.1, -0.05) is 18.2 Å². The molecule has 0 spiro atoms. The van der Waals surface area contributed by atoms with Crippen molar-refractivity contribution < 1.29 is 14.4 Å². The van der Waals surface area contributed by atoms with Crippen molar-refractivity contribution in [2.75, 3.05) is 0 Å². The molecule has 1 aromatic heterocycles. The van der Waals surface area contributed by atoms with Crippen LogP contribution in [0.5, 0.6) is 0 Å². The number of hydrazine groups is 1. The first-order valence-corrected chi connectivity index (χ1v) is 7.93. The van der Waals surface area contributed by atoms with Crippen molar-refractivity contribution in [2.45, 2.75) is 33.7 Å². The highest BCUT2D eigenvalue weighted by Gasteiger charge is 2.18. The number of nitrogens with one attached hydrogen (secondary N) is 3. The molecule has 25 heavy (non-hydrogen) atoms. The van der Waals surface area contributed by atoms with E-state index in [-0.39, 0.29) is 5.91 Å². The molecule has 0 saturated heterocycles. The van der Waals surface area contributed by atoms with Crippen LogP contribution in [-0.4, -0.2) is 28.3 Å². The SMILES string of the molecule is CC(=O)NC(C)C(=O)NNC(=O)c1cc(C)n(-c2ccccc2)c1C. The zero-order chi connectivity index (χ0) is 18.6. The van der Waals surface area contributed by atoms with E-state index in [0.29, 0.717) is 5.56 Å². The molecular weight excluding hydrogens is 320 g/mol. The third-order valence-electron chi connectivity index (χ3n) is 3.80. The molecule has 0 saturated carbocycles. The lowest BCUT2D eigenvalue weighted by atomic mass is 10.2. The third-order valence-corrected chi connectivity index (χ3v) is 3.80. The van der Waals surface area contributed by atoms with Crippen LogP contribution in [0.2, 0.25) is 0 Å². The van der Waals surface area contributed by atoms with Crippen molar-refractivity contribution in [3.8, 4) is 5.69 Å². The molecule has 0 fully saturated rings. The predicted molar refractivity (Wildman–Crippen MR) is 94.1 cm³/mol. The number of carbonyl (C=O) groups is 3. The van der Waals surface area contributed by atoms with E-state index in [1.54, 1.807) is 6.07 Å². The van der Waals surface area contributed by atoms with Gasteiger partial charge < -0.3 is 9.88 Å². The van der Waals surface area contributed by atoms with Gasteiger partial charge in [0.2, 0.25) is 5.91 Å². The fraction of sp³-hybridized carbons (Fsp3) is 0.278. The first-order valence-electron chi connectivity index (χ1n) is 7.93. The van der Waals surface area contributed by atoms with Gasteiger partial charge in [-0.3, -0.25) is 25.2 Å². The maximum absolute atomic E-state index is 12.4. The molecule has 7 nitrogen and oxygen atoms in total. The van der Waals surface area contributed by atoms with Gasteiger partial charge in [0.1, 0.15) is 6.04 Å². The fourth-order valence-corrected chi connectivity index (χ4v) is 2.63. The van der Waals surface area contributed by atoms with E-state index in [1.165, 1.54) is 13.8 Å². The van der Waals surface area contributed by atoms with Crippen LogP contribution >= 0.6 is 0 Å². The minimum Gasteiger partial charge on any atom is -0.345 e. The first-order chi connectivity index (χ1) is 11.8. The summed E-state index contributed by atoms with van der Waals surface area (Å²) in [5.74, 6) is -1.24. The van der Waals surface area contributed by atoms with Crippen molar-refractivity contribution in [1.29, 1.82) is 0 Å². The van der Waals surface area contributed by atoms with Crippen LogP contribution < -0.4 is 16.2 Å². The number of hydrogen-bond donors (Lipinski definition) is 3. The third kappa shape index (κ3) is 4.26. The normalized spacial score (nSPS) is 11.5. The van der Waals surface area contributed by atoms with Crippen molar-refractivity contribution in [3.63, 3.8) is 0 Å². The zero-order valence-electron chi connectivity index (χ0n) is 14.7. The summed E-state index contributed by atoms with van der Waals surface area (Å²) in [6.45, 7) is 6.61. The minimum absolute atomic E-state index is 0.319. The number of para-hydroxylation sites is 1. The summed E-state index contributed by atoms with van der Waals surface area (Å²) in [5.41, 5.74) is 7.80. The Kier molecular flexibility index (Phi) is 5.59. The molecule has 3 amide bonds. The molecule has 0 radical (unpaired) electrons. The number of aromatic nitrogens is 1. The molecular formula is C18H22N4O3. The number of amides is 3. The lowest BCUT2D eigenvalue weighted by Gasteiger charge is -2.13. The van der Waals surface area contributed by atoms with Crippen LogP contribution in [0, 0.1) is 13.8 Å². The van der Waals surface area contributed by atoms with E-state index in [1.807, 2.05) is 48.7 Å². The van der Waals surface area contributed by atoms with Crippen LogP contribution in [0.1, 0.15) is 35.6 Å². The molecule has 2 rings (SSSR count). The summed E-state index contributed by atoms with van der Waals surface area (Å²) in [6.07, 6.45) is 0. The summed E-state index contributed by atoms with van der Waals surface area (Å²) in [5, 5.41) is 2.45. The van der Waals surface area contributed by atoms with Crippen molar-refractivity contribution in [2.24, 2.45) is 0 Å². The van der Waals surface area contributed by atoms with Gasteiger partial charge in [0, 0.05) is 24.0 Å². The molecule has 7 heteroatoms. The Balaban J connectivity index is 2.11. The van der Waals surface area contributed by atoms with E-state index in [4.69, 9.17) is 0 Å². The maximum Gasteiger partial charge on any atom is 0.271 e. The van der Waals surface area contributed by atoms with Gasteiger partial charge in [0.15, 0.2) is 0 Å². The molecule has 0 aliphatic carbocycles. The average Bonchev–Trinajstić information content (AvgIpc) is 2.87. The molecule has 0 bridgehead atoms. The van der Waals surface area contributed by atoms with Gasteiger partial charge in [-0.25, -0.2) is 0 Å². The van der Waals surface area contributed by atoms with Crippen LogP contribution in [0.15, 0.2) is 36.4 Å². The standard InChI is InChI=1S/C18H22N4O3/c1-11-10-16(13(3)22(11)15-8-6-5-7-9-15)18(25)21-20-17(24)12(2)19-14(4)23/h5-10,12H,1-4H3,(H,19,23)(H,20,24)(H,21,25). The number of carbonyl (C=O) groups excluding carboxylic acids is 3. The van der Waals surface area contributed by atoms with Gasteiger partial charge in [-0.2, -0.15) is 0 Å². The van der Waals surface area contributed by atoms with Crippen LogP contribution in [0.4, 0.5) is 0 Å². The Bertz CT molecular complexity index is 796. The average molecular weight is 342 g/mol. The number of aryl methyl sites for hydroxylation is 1. The van der Waals surface area contributed by atoms with Crippen molar-refractivity contribution >= 4 is 17.7 Å². The summed E-state index contributed by atoms with van der Waals surface area (Å²) in [6, 6.07) is 10.7. The van der Waals surface area contributed by atoms with E-state index in [2.05, 4.69) is 16.2 Å². The Hall–Kier alpha value is -3.09. The van der Waals surface area contributed by atoms with Gasteiger partial charge >= 0.3 is 0 Å². The minimum atomic E-state index is -0.741. The van der Waals surface area contributed by atoms with Gasteiger partial charge in [0.25, 0.3) is 11.8 Å². The largest absolute Gasteiger partial charge is 0.345 e. The smallest absolute Gasteiger partial charge is 0.271 e. The first kappa shape index (κ1) is 18.3. The second-order valence-electron chi connectivity index (χ2n) is 5.82. The Morgan fingerprint density at radius 2 is 1.68 bits per heavy atom. The summed E-state index contributed by atoms with van der Waals surface area (Å²) in [7, 11) is 0. The topological polar surface area (TPSA) is 92.2 Å². The molecule has 1 aromatic carbocycles. The Morgan fingerprint density at radius 1 is 1.04 bits per heavy atom. The lowest BCUT2D eigenvalue weighted by Crippen LogP contribution is -2.50. The molecule has 1 heterocycles. The molecule has 3 N–H and O–H groups in total. The van der Waals surface area contributed by atoms with Crippen LogP contribution in [-0.2, 0) is 9.59 Å². The highest BCUT2D eigenvalue weighted by Crippen LogP contribution is 2.20. The quantitative estimate of drug-likeness (QED) is 0.733. The molecule has 1 atom stereocenters. The monoisotopic (exact) mass is 342 g/mol. The highest BCUT2D eigenvalue weighted by atomic mass is 16.2. The fourth-order valence-electron chi connectivity index (χ4n) is 2.63. The lowest BCUT2D eigenvalue weighted by molar-refractivity contribution is -0.128. The summed E-state index contributed by atoms with van der Waals surface area (Å²) in [4.78, 5) is 35.2. The van der Waals surface area contributed by atoms with E-state index in [9.17, 15) is 14.4 Å². The number of benzene rings is 1. The van der Waals surface area contributed by atoms with Gasteiger partial charge in [0.05, 0.1) is 5.56 Å². The van der Waals surface area contributed by atoms with Crippen LogP contribution in [0.25, 0.3) is 5.69 Å². The number of rotatable bonds is 4. The molecule has 2 aromatic rings. The van der Waals surface area contributed by atoms with Crippen LogP contribution in [0.3, 0.4) is 0 Å². The molecule has 132 valence electrons. The zero-order valence-corrected chi connectivity index (χ0v) is 14.7. The molecule has 0 aliphatic heterocycles. The predicted octanol–water partition coefficient (Wildman–Crippen LogP) is 1.38. The van der Waals surface area contributed by atoms with Gasteiger partial charge in [-0.05, 0) is 39.0 Å². The molecule has 1 unspecified atom stereocenters. The summed E-state index contributed by atoms with van der Waals surface area (Å²) < 4.78 is 1.97. The van der Waals surface area contributed by atoms with Crippen molar-refractivity contribution in [3.05, 3.63) is 53.3 Å². The van der Waals surface area contributed by atoms with E-state index >= 15 is 0 Å². The maximum atomic E-state index is 12.4.